The van der Waals surface area contributed by atoms with Gasteiger partial charge in [-0.2, -0.15) is 0 Å². The van der Waals surface area contributed by atoms with Gasteiger partial charge in [0.2, 0.25) is 5.91 Å². The summed E-state index contributed by atoms with van der Waals surface area (Å²) >= 11 is 0. The molecule has 1 aliphatic heterocycles. The minimum absolute atomic E-state index is 0.0557. The van der Waals surface area contributed by atoms with Crippen molar-refractivity contribution < 1.29 is 14.0 Å². The monoisotopic (exact) mass is 372 g/mol. The van der Waals surface area contributed by atoms with Crippen LogP contribution in [0.15, 0.2) is 84.0 Å². The first kappa shape index (κ1) is 17.8. The highest BCUT2D eigenvalue weighted by Gasteiger charge is 2.33. The summed E-state index contributed by atoms with van der Waals surface area (Å²) in [5.41, 5.74) is 2.94. The Morgan fingerprint density at radius 1 is 0.929 bits per heavy atom. The fourth-order valence-corrected chi connectivity index (χ4v) is 3.36. The average molecular weight is 372 g/mol. The van der Waals surface area contributed by atoms with Crippen LogP contribution in [0.1, 0.15) is 27.2 Å². The highest BCUT2D eigenvalue weighted by atomic mass is 16.3. The molecule has 5 nitrogen and oxygen atoms in total. The molecule has 4 rings (SSSR count). The molecule has 5 heteroatoms. The first-order chi connectivity index (χ1) is 13.6. The van der Waals surface area contributed by atoms with E-state index in [4.69, 9.17) is 4.42 Å². The molecule has 28 heavy (non-hydrogen) atoms. The van der Waals surface area contributed by atoms with Gasteiger partial charge in [-0.1, -0.05) is 55.1 Å². The van der Waals surface area contributed by atoms with E-state index in [0.29, 0.717) is 30.1 Å². The predicted molar refractivity (Wildman–Crippen MR) is 106 cm³/mol. The maximum absolute atomic E-state index is 13.1. The molecule has 1 aliphatic rings. The van der Waals surface area contributed by atoms with Gasteiger partial charge in [0.25, 0.3) is 5.91 Å². The number of amides is 2. The topological polar surface area (TPSA) is 53.8 Å². The Kier molecular flexibility index (Phi) is 4.81. The third-order valence-corrected chi connectivity index (χ3v) is 4.83. The Hall–Kier alpha value is -3.60. The van der Waals surface area contributed by atoms with E-state index in [1.54, 1.807) is 23.3 Å². The quantitative estimate of drug-likeness (QED) is 0.659. The lowest BCUT2D eigenvalue weighted by Gasteiger charge is -2.25. The minimum Gasteiger partial charge on any atom is -0.467 e. The number of carbonyl (C=O) groups is 2. The molecule has 0 radical (unpaired) electrons. The number of hydrogen-bond donors (Lipinski definition) is 0. The number of hydrogen-bond acceptors (Lipinski definition) is 3. The summed E-state index contributed by atoms with van der Waals surface area (Å²) < 4.78 is 5.42. The summed E-state index contributed by atoms with van der Waals surface area (Å²) in [5.74, 6) is 0.341. The van der Waals surface area contributed by atoms with Crippen molar-refractivity contribution in [2.75, 3.05) is 6.54 Å². The molecular weight excluding hydrogens is 352 g/mol. The molecule has 0 fully saturated rings. The van der Waals surface area contributed by atoms with Crippen LogP contribution >= 0.6 is 0 Å². The van der Waals surface area contributed by atoms with Crippen molar-refractivity contribution in [1.29, 1.82) is 0 Å². The Morgan fingerprint density at radius 2 is 1.64 bits per heavy atom. The number of carbonyl (C=O) groups excluding carboxylic acids is 2. The van der Waals surface area contributed by atoms with Gasteiger partial charge in [0.1, 0.15) is 12.3 Å². The Bertz CT molecular complexity index is 974. The van der Waals surface area contributed by atoms with Gasteiger partial charge in [-0.3, -0.25) is 14.5 Å². The number of fused-ring (bicyclic) bond motifs is 1. The first-order valence-electron chi connectivity index (χ1n) is 9.08. The van der Waals surface area contributed by atoms with Crippen molar-refractivity contribution in [3.8, 4) is 0 Å². The second kappa shape index (κ2) is 7.56. The lowest BCUT2D eigenvalue weighted by atomic mass is 10.1. The summed E-state index contributed by atoms with van der Waals surface area (Å²) in [6, 6.07) is 20.7. The van der Waals surface area contributed by atoms with E-state index in [1.807, 2.05) is 54.6 Å². The molecule has 1 aromatic heterocycles. The van der Waals surface area contributed by atoms with E-state index in [1.165, 1.54) is 4.90 Å². The van der Waals surface area contributed by atoms with Crippen LogP contribution in [0.5, 0.6) is 0 Å². The van der Waals surface area contributed by atoms with E-state index in [-0.39, 0.29) is 18.4 Å². The third kappa shape index (κ3) is 3.47. The Morgan fingerprint density at radius 3 is 2.32 bits per heavy atom. The van der Waals surface area contributed by atoms with Crippen LogP contribution in [0, 0.1) is 0 Å². The van der Waals surface area contributed by atoms with Crippen LogP contribution in [0.4, 0.5) is 0 Å². The van der Waals surface area contributed by atoms with Crippen molar-refractivity contribution in [1.82, 2.24) is 9.80 Å². The molecular formula is C23H20N2O3. The maximum Gasteiger partial charge on any atom is 0.259 e. The number of rotatable bonds is 6. The lowest BCUT2D eigenvalue weighted by molar-refractivity contribution is -0.132. The molecule has 2 amide bonds. The number of benzene rings is 2. The molecule has 0 saturated carbocycles. The van der Waals surface area contributed by atoms with Crippen LogP contribution in [0.3, 0.4) is 0 Å². The zero-order valence-corrected chi connectivity index (χ0v) is 15.4. The van der Waals surface area contributed by atoms with Crippen molar-refractivity contribution in [3.63, 3.8) is 0 Å². The normalized spacial score (nSPS) is 12.9. The summed E-state index contributed by atoms with van der Waals surface area (Å²) in [6.07, 6.45) is 1.59. The van der Waals surface area contributed by atoms with Gasteiger partial charge in [0.15, 0.2) is 0 Å². The zero-order valence-electron chi connectivity index (χ0n) is 15.4. The van der Waals surface area contributed by atoms with Crippen LogP contribution in [0.25, 0.3) is 5.70 Å². The van der Waals surface area contributed by atoms with Crippen LogP contribution in [-0.2, 0) is 17.9 Å². The van der Waals surface area contributed by atoms with E-state index < -0.39 is 0 Å². The molecule has 0 aliphatic carbocycles. The highest BCUT2D eigenvalue weighted by molar-refractivity contribution is 6.10. The minimum atomic E-state index is -0.188. The largest absolute Gasteiger partial charge is 0.467 e. The van der Waals surface area contributed by atoms with Gasteiger partial charge >= 0.3 is 0 Å². The molecule has 2 heterocycles. The second-order valence-corrected chi connectivity index (χ2v) is 6.70. The molecule has 0 bridgehead atoms. The molecule has 140 valence electrons. The smallest absolute Gasteiger partial charge is 0.259 e. The van der Waals surface area contributed by atoms with Crippen LogP contribution in [-0.4, -0.2) is 28.2 Å². The molecule has 3 aromatic rings. The van der Waals surface area contributed by atoms with Crippen LogP contribution in [0.2, 0.25) is 0 Å². The molecule has 0 atom stereocenters. The van der Waals surface area contributed by atoms with Crippen LogP contribution < -0.4 is 0 Å². The summed E-state index contributed by atoms with van der Waals surface area (Å²) in [7, 11) is 0. The fourth-order valence-electron chi connectivity index (χ4n) is 3.36. The number of furan rings is 1. The van der Waals surface area contributed by atoms with Gasteiger partial charge < -0.3 is 9.32 Å². The highest BCUT2D eigenvalue weighted by Crippen LogP contribution is 2.31. The van der Waals surface area contributed by atoms with Crippen molar-refractivity contribution in [2.45, 2.75) is 13.1 Å². The van der Waals surface area contributed by atoms with Gasteiger partial charge in [0.05, 0.1) is 12.8 Å². The molecule has 2 aromatic carbocycles. The predicted octanol–water partition coefficient (Wildman–Crippen LogP) is 3.94. The van der Waals surface area contributed by atoms with Crippen molar-refractivity contribution >= 4 is 17.5 Å². The summed E-state index contributed by atoms with van der Waals surface area (Å²) in [5, 5.41) is 0. The lowest BCUT2D eigenvalue weighted by Crippen LogP contribution is -2.39. The van der Waals surface area contributed by atoms with Gasteiger partial charge in [-0.25, -0.2) is 0 Å². The zero-order chi connectivity index (χ0) is 19.5. The SMILES string of the molecule is C=C1c2ccccc2C(=O)N1CC(=O)N(Cc1ccccc1)Cc1ccco1. The van der Waals surface area contributed by atoms with Crippen molar-refractivity contribution in [3.05, 3.63) is 102 Å². The average Bonchev–Trinajstić information content (AvgIpc) is 3.31. The third-order valence-electron chi connectivity index (χ3n) is 4.83. The summed E-state index contributed by atoms with van der Waals surface area (Å²) in [4.78, 5) is 29.0. The van der Waals surface area contributed by atoms with Gasteiger partial charge in [0, 0.05) is 23.4 Å². The fraction of sp³-hybridized carbons (Fsp3) is 0.130. The Balaban J connectivity index is 1.54. The van der Waals surface area contributed by atoms with Gasteiger partial charge in [-0.05, 0) is 23.8 Å². The second-order valence-electron chi connectivity index (χ2n) is 6.70. The van der Waals surface area contributed by atoms with E-state index in [0.717, 1.165) is 11.1 Å². The molecule has 0 saturated heterocycles. The maximum atomic E-state index is 13.1. The molecule has 0 N–H and O–H groups in total. The van der Waals surface area contributed by atoms with E-state index in [2.05, 4.69) is 6.58 Å². The van der Waals surface area contributed by atoms with Gasteiger partial charge in [-0.15, -0.1) is 0 Å². The molecule has 0 unspecified atom stereocenters. The van der Waals surface area contributed by atoms with E-state index >= 15 is 0 Å². The van der Waals surface area contributed by atoms with Crippen molar-refractivity contribution in [2.24, 2.45) is 0 Å². The van der Waals surface area contributed by atoms with E-state index in [9.17, 15) is 9.59 Å². The first-order valence-corrected chi connectivity index (χ1v) is 9.08. The Labute approximate surface area is 163 Å². The molecule has 0 spiro atoms. The standard InChI is InChI=1S/C23H20N2O3/c1-17-20-11-5-6-12-21(20)23(27)25(17)16-22(26)24(15-19-10-7-13-28-19)14-18-8-3-2-4-9-18/h2-13H,1,14-16H2. The number of nitrogens with zero attached hydrogens (tertiary/aromatic N) is 2. The summed E-state index contributed by atoms with van der Waals surface area (Å²) in [6.45, 7) is 4.73.